The number of hydrogen-bond donors (Lipinski definition) is 0. The minimum atomic E-state index is -0.373. The van der Waals surface area contributed by atoms with Crippen molar-refractivity contribution in [1.82, 2.24) is 0 Å². The molecule has 0 aliphatic carbocycles. The first-order valence-electron chi connectivity index (χ1n) is 6.91. The molecular weight excluding hydrogens is 319 g/mol. The Hall–Kier alpha value is -1.35. The van der Waals surface area contributed by atoms with Crippen molar-refractivity contribution in [2.24, 2.45) is 0 Å². The predicted octanol–water partition coefficient (Wildman–Crippen LogP) is 6.36. The van der Waals surface area contributed by atoms with Crippen LogP contribution in [0.4, 0.5) is 4.39 Å². The molecule has 0 unspecified atom stereocenters. The highest BCUT2D eigenvalue weighted by molar-refractivity contribution is 9.10. The van der Waals surface area contributed by atoms with Crippen molar-refractivity contribution >= 4 is 15.9 Å². The number of aryl methyl sites for hydroxylation is 1. The summed E-state index contributed by atoms with van der Waals surface area (Å²) in [6.07, 6.45) is 2.16. The molecule has 0 aromatic heterocycles. The van der Waals surface area contributed by atoms with E-state index in [-0.39, 0.29) is 11.6 Å². The fourth-order valence-electron chi connectivity index (χ4n) is 1.71. The zero-order valence-electron chi connectivity index (χ0n) is 12.1. The summed E-state index contributed by atoms with van der Waals surface area (Å²) in [4.78, 5) is 0. The molecule has 0 aliphatic heterocycles. The van der Waals surface area contributed by atoms with Crippen LogP contribution in [0.5, 0.6) is 11.5 Å². The quantitative estimate of drug-likeness (QED) is 0.630. The Morgan fingerprint density at radius 1 is 1.05 bits per heavy atom. The summed E-state index contributed by atoms with van der Waals surface area (Å²) in [7, 11) is 0. The van der Waals surface area contributed by atoms with Crippen LogP contribution in [-0.2, 0) is 6.42 Å². The van der Waals surface area contributed by atoms with Gasteiger partial charge < -0.3 is 4.74 Å². The molecule has 0 bridgehead atoms. The maximum absolute atomic E-state index is 13.6. The van der Waals surface area contributed by atoms with Gasteiger partial charge in [0.1, 0.15) is 5.75 Å². The van der Waals surface area contributed by atoms with E-state index in [4.69, 9.17) is 4.74 Å². The van der Waals surface area contributed by atoms with Crippen molar-refractivity contribution in [3.8, 4) is 11.5 Å². The molecule has 0 N–H and O–H groups in total. The lowest BCUT2D eigenvalue weighted by Crippen LogP contribution is -1.90. The van der Waals surface area contributed by atoms with E-state index in [0.29, 0.717) is 10.2 Å². The Bertz CT molecular complexity index is 503. The summed E-state index contributed by atoms with van der Waals surface area (Å²) >= 11 is 3.28. The van der Waals surface area contributed by atoms with Gasteiger partial charge in [-0.1, -0.05) is 45.4 Å². The van der Waals surface area contributed by atoms with E-state index in [1.54, 1.807) is 12.1 Å². The molecule has 0 amide bonds. The normalized spacial score (nSPS) is 9.65. The molecule has 0 fully saturated rings. The van der Waals surface area contributed by atoms with Crippen molar-refractivity contribution in [1.29, 1.82) is 0 Å². The number of halogens is 2. The molecule has 2 rings (SSSR count). The Morgan fingerprint density at radius 2 is 1.70 bits per heavy atom. The monoisotopic (exact) mass is 338 g/mol. The van der Waals surface area contributed by atoms with Gasteiger partial charge in [-0.05, 0) is 52.2 Å². The van der Waals surface area contributed by atoms with Crippen LogP contribution in [0.25, 0.3) is 0 Å². The Morgan fingerprint density at radius 3 is 2.25 bits per heavy atom. The molecule has 0 aliphatic rings. The van der Waals surface area contributed by atoms with E-state index in [1.807, 2.05) is 38.1 Å². The van der Waals surface area contributed by atoms with Crippen molar-refractivity contribution in [2.75, 3.05) is 0 Å². The van der Waals surface area contributed by atoms with E-state index in [9.17, 15) is 4.39 Å². The van der Waals surface area contributed by atoms with Crippen LogP contribution in [-0.4, -0.2) is 0 Å². The van der Waals surface area contributed by atoms with Crippen molar-refractivity contribution in [3.63, 3.8) is 0 Å². The summed E-state index contributed by atoms with van der Waals surface area (Å²) in [5, 5.41) is 0. The molecular formula is C17H20BrFO. The topological polar surface area (TPSA) is 9.23 Å². The Kier molecular flexibility index (Phi) is 7.31. The van der Waals surface area contributed by atoms with Crippen LogP contribution in [0.2, 0.25) is 0 Å². The van der Waals surface area contributed by atoms with E-state index in [0.717, 1.165) is 12.8 Å². The minimum Gasteiger partial charge on any atom is -0.453 e. The van der Waals surface area contributed by atoms with Crippen LogP contribution >= 0.6 is 15.9 Å². The van der Waals surface area contributed by atoms with Gasteiger partial charge in [-0.25, -0.2) is 4.39 Å². The zero-order chi connectivity index (χ0) is 15.0. The van der Waals surface area contributed by atoms with Gasteiger partial charge in [0.05, 0.1) is 4.47 Å². The van der Waals surface area contributed by atoms with Gasteiger partial charge in [-0.3, -0.25) is 0 Å². The average molecular weight is 339 g/mol. The first-order chi connectivity index (χ1) is 9.70. The molecule has 0 saturated carbocycles. The largest absolute Gasteiger partial charge is 0.453 e. The smallest absolute Gasteiger partial charge is 0.177 e. The summed E-state index contributed by atoms with van der Waals surface area (Å²) in [5.74, 6) is 0.489. The van der Waals surface area contributed by atoms with Gasteiger partial charge in [0.2, 0.25) is 0 Å². The number of para-hydroxylation sites is 1. The van der Waals surface area contributed by atoms with Gasteiger partial charge in [0.15, 0.2) is 11.6 Å². The first-order valence-corrected chi connectivity index (χ1v) is 7.71. The minimum absolute atomic E-state index is 0.223. The average Bonchev–Trinajstić information content (AvgIpc) is 2.47. The SMILES string of the molecule is CC.CCCc1ccc(Oc2c(F)cccc2Br)cc1. The van der Waals surface area contributed by atoms with Crippen LogP contribution in [0.1, 0.15) is 32.8 Å². The maximum Gasteiger partial charge on any atom is 0.177 e. The second-order valence-electron chi connectivity index (χ2n) is 4.05. The van der Waals surface area contributed by atoms with E-state index in [1.165, 1.54) is 11.6 Å². The molecule has 2 aromatic carbocycles. The molecule has 108 valence electrons. The standard InChI is InChI=1S/C15H14BrFO.C2H6/c1-2-4-11-7-9-12(10-8-11)18-15-13(16)5-3-6-14(15)17;1-2/h3,5-10H,2,4H2,1H3;1-2H3. The molecule has 2 aromatic rings. The number of hydrogen-bond acceptors (Lipinski definition) is 1. The van der Waals surface area contributed by atoms with Crippen molar-refractivity contribution in [3.05, 3.63) is 58.3 Å². The molecule has 0 heterocycles. The molecule has 3 heteroatoms. The second-order valence-corrected chi connectivity index (χ2v) is 4.90. The summed E-state index contributed by atoms with van der Waals surface area (Å²) < 4.78 is 19.7. The highest BCUT2D eigenvalue weighted by atomic mass is 79.9. The highest BCUT2D eigenvalue weighted by Gasteiger charge is 2.08. The lowest BCUT2D eigenvalue weighted by atomic mass is 10.1. The number of benzene rings is 2. The van der Waals surface area contributed by atoms with Crippen LogP contribution < -0.4 is 4.74 Å². The van der Waals surface area contributed by atoms with E-state index in [2.05, 4.69) is 22.9 Å². The van der Waals surface area contributed by atoms with Gasteiger partial charge in [0.25, 0.3) is 0 Å². The van der Waals surface area contributed by atoms with Gasteiger partial charge in [-0.2, -0.15) is 0 Å². The molecule has 20 heavy (non-hydrogen) atoms. The Labute approximate surface area is 128 Å². The molecule has 0 saturated heterocycles. The predicted molar refractivity (Wildman–Crippen MR) is 86.0 cm³/mol. The van der Waals surface area contributed by atoms with Crippen molar-refractivity contribution in [2.45, 2.75) is 33.6 Å². The second kappa shape index (κ2) is 8.75. The third kappa shape index (κ3) is 4.64. The van der Waals surface area contributed by atoms with Crippen LogP contribution in [0.3, 0.4) is 0 Å². The van der Waals surface area contributed by atoms with Crippen molar-refractivity contribution < 1.29 is 9.13 Å². The lowest BCUT2D eigenvalue weighted by Gasteiger charge is -2.09. The third-order valence-corrected chi connectivity index (χ3v) is 3.23. The molecule has 0 radical (unpaired) electrons. The fourth-order valence-corrected chi connectivity index (χ4v) is 2.13. The first kappa shape index (κ1) is 16.7. The summed E-state index contributed by atoms with van der Waals surface area (Å²) in [6.45, 7) is 6.14. The maximum atomic E-state index is 13.6. The Balaban J connectivity index is 0.000000956. The van der Waals surface area contributed by atoms with Crippen LogP contribution in [0.15, 0.2) is 46.9 Å². The van der Waals surface area contributed by atoms with E-state index >= 15 is 0 Å². The molecule has 0 atom stereocenters. The van der Waals surface area contributed by atoms with Gasteiger partial charge in [0, 0.05) is 0 Å². The third-order valence-electron chi connectivity index (χ3n) is 2.60. The fraction of sp³-hybridized carbons (Fsp3) is 0.294. The van der Waals surface area contributed by atoms with Gasteiger partial charge >= 0.3 is 0 Å². The number of rotatable bonds is 4. The lowest BCUT2D eigenvalue weighted by molar-refractivity contribution is 0.439. The molecule has 0 spiro atoms. The summed E-state index contributed by atoms with van der Waals surface area (Å²) in [5.41, 5.74) is 1.26. The van der Waals surface area contributed by atoms with Gasteiger partial charge in [-0.15, -0.1) is 0 Å². The van der Waals surface area contributed by atoms with E-state index < -0.39 is 0 Å². The molecule has 1 nitrogen and oxygen atoms in total. The van der Waals surface area contributed by atoms with Crippen LogP contribution in [0, 0.1) is 5.82 Å². The summed E-state index contributed by atoms with van der Waals surface area (Å²) in [6, 6.07) is 12.5. The highest BCUT2D eigenvalue weighted by Crippen LogP contribution is 2.32. The zero-order valence-corrected chi connectivity index (χ0v) is 13.7. The number of ether oxygens (including phenoxy) is 1.